The van der Waals surface area contributed by atoms with Gasteiger partial charge in [-0.15, -0.1) is 0 Å². The number of para-hydroxylation sites is 2. The Morgan fingerprint density at radius 3 is 2.00 bits per heavy atom. The SMILES string of the molecule is Nc1ccccc1NC(=O)c1ccc(CC(NC(=O)c2ccccc2)C(=O)Nc2ccc(Cl)cc2)cc1. The predicted octanol–water partition coefficient (Wildman–Crippen LogP) is 5.15. The molecule has 0 aliphatic heterocycles. The molecule has 1 unspecified atom stereocenters. The van der Waals surface area contributed by atoms with E-state index in [1.807, 2.05) is 6.07 Å². The Morgan fingerprint density at radius 1 is 0.703 bits per heavy atom. The maximum Gasteiger partial charge on any atom is 0.255 e. The third kappa shape index (κ3) is 6.96. The van der Waals surface area contributed by atoms with Crippen molar-refractivity contribution in [1.29, 1.82) is 0 Å². The molecule has 0 radical (unpaired) electrons. The monoisotopic (exact) mass is 512 g/mol. The van der Waals surface area contributed by atoms with E-state index in [0.29, 0.717) is 33.2 Å². The summed E-state index contributed by atoms with van der Waals surface area (Å²) >= 11 is 5.94. The van der Waals surface area contributed by atoms with Crippen LogP contribution in [0.1, 0.15) is 26.3 Å². The molecule has 0 aliphatic carbocycles. The van der Waals surface area contributed by atoms with E-state index in [0.717, 1.165) is 5.56 Å². The summed E-state index contributed by atoms with van der Waals surface area (Å²) in [6, 6.07) is 28.3. The molecule has 37 heavy (non-hydrogen) atoms. The summed E-state index contributed by atoms with van der Waals surface area (Å²) in [5.74, 6) is -1.06. The number of hydrogen-bond acceptors (Lipinski definition) is 4. The number of nitrogen functional groups attached to an aromatic ring is 1. The molecule has 0 aliphatic rings. The standard InChI is InChI=1S/C29H25ClN4O3/c30-22-14-16-23(17-15-22)32-29(37)26(34-27(35)20-6-2-1-3-7-20)18-19-10-12-21(13-11-19)28(36)33-25-9-5-4-8-24(25)31/h1-17,26H,18,31H2,(H,32,37)(H,33,36)(H,34,35). The lowest BCUT2D eigenvalue weighted by Gasteiger charge is -2.19. The minimum Gasteiger partial charge on any atom is -0.397 e. The Bertz CT molecular complexity index is 1390. The van der Waals surface area contributed by atoms with Crippen LogP contribution < -0.4 is 21.7 Å². The van der Waals surface area contributed by atoms with Crippen molar-refractivity contribution in [2.75, 3.05) is 16.4 Å². The molecule has 0 saturated carbocycles. The highest BCUT2D eigenvalue weighted by Crippen LogP contribution is 2.19. The van der Waals surface area contributed by atoms with Gasteiger partial charge in [-0.05, 0) is 66.2 Å². The summed E-state index contributed by atoms with van der Waals surface area (Å²) in [6.07, 6.45) is 0.214. The van der Waals surface area contributed by atoms with Crippen molar-refractivity contribution >= 4 is 46.4 Å². The number of benzene rings is 4. The number of rotatable bonds is 8. The third-order valence-corrected chi connectivity index (χ3v) is 5.89. The first-order valence-corrected chi connectivity index (χ1v) is 11.9. The first-order chi connectivity index (χ1) is 17.9. The Morgan fingerprint density at radius 2 is 1.32 bits per heavy atom. The number of nitrogens with one attached hydrogen (secondary N) is 3. The minimum absolute atomic E-state index is 0.214. The lowest BCUT2D eigenvalue weighted by Crippen LogP contribution is -2.45. The Balaban J connectivity index is 1.49. The first-order valence-electron chi connectivity index (χ1n) is 11.6. The zero-order valence-electron chi connectivity index (χ0n) is 19.8. The second kappa shape index (κ2) is 11.9. The molecule has 8 heteroatoms. The number of anilines is 3. The van der Waals surface area contributed by atoms with E-state index >= 15 is 0 Å². The average Bonchev–Trinajstić information content (AvgIpc) is 2.91. The van der Waals surface area contributed by atoms with Crippen molar-refractivity contribution in [3.05, 3.63) is 125 Å². The number of carbonyl (C=O) groups is 3. The number of amides is 3. The second-order valence-electron chi connectivity index (χ2n) is 8.33. The van der Waals surface area contributed by atoms with Crippen molar-refractivity contribution in [2.45, 2.75) is 12.5 Å². The molecule has 0 bridgehead atoms. The van der Waals surface area contributed by atoms with Crippen LogP contribution in [0.4, 0.5) is 17.1 Å². The van der Waals surface area contributed by atoms with Crippen LogP contribution in [-0.4, -0.2) is 23.8 Å². The van der Waals surface area contributed by atoms with Crippen molar-refractivity contribution in [1.82, 2.24) is 5.32 Å². The fourth-order valence-electron chi connectivity index (χ4n) is 3.64. The van der Waals surface area contributed by atoms with Crippen LogP contribution in [0.25, 0.3) is 0 Å². The average molecular weight is 513 g/mol. The van der Waals surface area contributed by atoms with Crippen molar-refractivity contribution in [2.24, 2.45) is 0 Å². The zero-order chi connectivity index (χ0) is 26.2. The van der Waals surface area contributed by atoms with Gasteiger partial charge in [-0.25, -0.2) is 0 Å². The van der Waals surface area contributed by atoms with Gasteiger partial charge < -0.3 is 21.7 Å². The molecule has 186 valence electrons. The molecule has 7 nitrogen and oxygen atoms in total. The van der Waals surface area contributed by atoms with Gasteiger partial charge in [-0.3, -0.25) is 14.4 Å². The van der Waals surface area contributed by atoms with E-state index < -0.39 is 6.04 Å². The highest BCUT2D eigenvalue weighted by Gasteiger charge is 2.22. The van der Waals surface area contributed by atoms with Gasteiger partial charge in [0.1, 0.15) is 6.04 Å². The van der Waals surface area contributed by atoms with E-state index in [2.05, 4.69) is 16.0 Å². The zero-order valence-corrected chi connectivity index (χ0v) is 20.5. The van der Waals surface area contributed by atoms with Crippen LogP contribution in [0.2, 0.25) is 5.02 Å². The molecule has 0 fully saturated rings. The maximum atomic E-state index is 13.1. The maximum absolute atomic E-state index is 13.1. The highest BCUT2D eigenvalue weighted by atomic mass is 35.5. The highest BCUT2D eigenvalue weighted by molar-refractivity contribution is 6.30. The molecule has 4 rings (SSSR count). The number of hydrogen-bond donors (Lipinski definition) is 4. The Hall–Kier alpha value is -4.62. The number of nitrogens with two attached hydrogens (primary N) is 1. The molecule has 1 atom stereocenters. The molecule has 0 saturated heterocycles. The van der Waals surface area contributed by atoms with Crippen LogP contribution in [0.5, 0.6) is 0 Å². The van der Waals surface area contributed by atoms with E-state index in [9.17, 15) is 14.4 Å². The van der Waals surface area contributed by atoms with Crippen molar-refractivity contribution in [3.8, 4) is 0 Å². The molecular formula is C29H25ClN4O3. The molecule has 5 N–H and O–H groups in total. The van der Waals surface area contributed by atoms with Gasteiger partial charge in [-0.2, -0.15) is 0 Å². The van der Waals surface area contributed by atoms with Crippen molar-refractivity contribution in [3.63, 3.8) is 0 Å². The van der Waals surface area contributed by atoms with Gasteiger partial charge in [0.2, 0.25) is 5.91 Å². The summed E-state index contributed by atoms with van der Waals surface area (Å²) < 4.78 is 0. The van der Waals surface area contributed by atoms with E-state index in [-0.39, 0.29) is 24.1 Å². The smallest absolute Gasteiger partial charge is 0.255 e. The van der Waals surface area contributed by atoms with Gasteiger partial charge in [0.15, 0.2) is 0 Å². The fraction of sp³-hybridized carbons (Fsp3) is 0.0690. The van der Waals surface area contributed by atoms with Crippen LogP contribution in [-0.2, 0) is 11.2 Å². The molecule has 3 amide bonds. The van der Waals surface area contributed by atoms with Gasteiger partial charge >= 0.3 is 0 Å². The van der Waals surface area contributed by atoms with Gasteiger partial charge in [0.25, 0.3) is 11.8 Å². The number of halogens is 1. The molecular weight excluding hydrogens is 488 g/mol. The molecule has 4 aromatic rings. The Labute approximate surface area is 219 Å². The minimum atomic E-state index is -0.868. The summed E-state index contributed by atoms with van der Waals surface area (Å²) in [5, 5.41) is 8.97. The number of carbonyl (C=O) groups excluding carboxylic acids is 3. The summed E-state index contributed by atoms with van der Waals surface area (Å²) in [4.78, 5) is 38.6. The quantitative estimate of drug-likeness (QED) is 0.244. The van der Waals surface area contributed by atoms with E-state index in [1.165, 1.54) is 0 Å². The van der Waals surface area contributed by atoms with Gasteiger partial charge in [0.05, 0.1) is 11.4 Å². The first kappa shape index (κ1) is 25.5. The summed E-state index contributed by atoms with van der Waals surface area (Å²) in [5.41, 5.74) is 9.10. The van der Waals surface area contributed by atoms with Crippen LogP contribution in [0.3, 0.4) is 0 Å². The van der Waals surface area contributed by atoms with Gasteiger partial charge in [0, 0.05) is 28.3 Å². The molecule has 4 aromatic carbocycles. The van der Waals surface area contributed by atoms with Gasteiger partial charge in [-0.1, -0.05) is 54.1 Å². The lowest BCUT2D eigenvalue weighted by atomic mass is 10.0. The Kier molecular flexibility index (Phi) is 8.18. The van der Waals surface area contributed by atoms with E-state index in [1.54, 1.807) is 97.1 Å². The third-order valence-electron chi connectivity index (χ3n) is 5.63. The molecule has 0 heterocycles. The summed E-state index contributed by atoms with van der Waals surface area (Å²) in [6.45, 7) is 0. The normalized spacial score (nSPS) is 11.3. The lowest BCUT2D eigenvalue weighted by molar-refractivity contribution is -0.118. The summed E-state index contributed by atoms with van der Waals surface area (Å²) in [7, 11) is 0. The van der Waals surface area contributed by atoms with Crippen LogP contribution in [0, 0.1) is 0 Å². The predicted molar refractivity (Wildman–Crippen MR) is 147 cm³/mol. The molecule has 0 spiro atoms. The van der Waals surface area contributed by atoms with Crippen LogP contribution in [0.15, 0.2) is 103 Å². The largest absolute Gasteiger partial charge is 0.397 e. The second-order valence-corrected chi connectivity index (χ2v) is 8.77. The topological polar surface area (TPSA) is 113 Å². The van der Waals surface area contributed by atoms with Crippen molar-refractivity contribution < 1.29 is 14.4 Å². The van der Waals surface area contributed by atoms with E-state index in [4.69, 9.17) is 17.3 Å². The fourth-order valence-corrected chi connectivity index (χ4v) is 3.76. The molecule has 0 aromatic heterocycles. The van der Waals surface area contributed by atoms with Crippen LogP contribution >= 0.6 is 11.6 Å².